The van der Waals surface area contributed by atoms with E-state index in [1.165, 1.54) is 0 Å². The molecule has 2 N–H and O–H groups in total. The number of rotatable bonds is 5. The van der Waals surface area contributed by atoms with E-state index in [4.69, 9.17) is 5.11 Å². The van der Waals surface area contributed by atoms with Crippen molar-refractivity contribution in [3.05, 3.63) is 11.9 Å². The highest BCUT2D eigenvalue weighted by Gasteiger charge is 2.14. The first-order chi connectivity index (χ1) is 7.88. The number of nitrogens with one attached hydrogen (secondary N) is 1. The van der Waals surface area contributed by atoms with E-state index in [0.717, 1.165) is 5.69 Å². The van der Waals surface area contributed by atoms with Crippen LogP contribution >= 0.6 is 0 Å². The van der Waals surface area contributed by atoms with Gasteiger partial charge in [0, 0.05) is 26.1 Å². The first-order valence-corrected chi connectivity index (χ1v) is 5.40. The van der Waals surface area contributed by atoms with Crippen molar-refractivity contribution >= 4 is 17.6 Å². The number of aryl methyl sites for hydroxylation is 2. The molecule has 0 aliphatic heterocycles. The van der Waals surface area contributed by atoms with Crippen LogP contribution in [-0.4, -0.2) is 26.8 Å². The van der Waals surface area contributed by atoms with Crippen molar-refractivity contribution in [1.29, 1.82) is 0 Å². The van der Waals surface area contributed by atoms with Gasteiger partial charge in [0.05, 0.1) is 11.4 Å². The highest BCUT2D eigenvalue weighted by atomic mass is 16.4. The topological polar surface area (TPSA) is 84.2 Å². The summed E-state index contributed by atoms with van der Waals surface area (Å²) in [7, 11) is 1.77. The molecule has 1 aromatic rings. The lowest BCUT2D eigenvalue weighted by Gasteiger charge is -2.08. The lowest BCUT2D eigenvalue weighted by molar-refractivity contribution is -0.138. The van der Waals surface area contributed by atoms with Crippen molar-refractivity contribution < 1.29 is 14.7 Å². The van der Waals surface area contributed by atoms with Gasteiger partial charge in [-0.15, -0.1) is 0 Å². The van der Waals surface area contributed by atoms with Crippen LogP contribution in [0.3, 0.4) is 0 Å². The molecule has 1 atom stereocenters. The summed E-state index contributed by atoms with van der Waals surface area (Å²) in [5.41, 5.74) is 1.41. The zero-order valence-corrected chi connectivity index (χ0v) is 10.2. The molecule has 0 aliphatic carbocycles. The van der Waals surface area contributed by atoms with Crippen LogP contribution in [0.5, 0.6) is 0 Å². The Morgan fingerprint density at radius 1 is 1.53 bits per heavy atom. The van der Waals surface area contributed by atoms with Crippen LogP contribution < -0.4 is 5.32 Å². The van der Waals surface area contributed by atoms with Crippen LogP contribution in [0.2, 0.25) is 0 Å². The number of aliphatic carboxylic acids is 1. The predicted octanol–water partition coefficient (Wildman–Crippen LogP) is 1.17. The summed E-state index contributed by atoms with van der Waals surface area (Å²) < 4.78 is 1.62. The van der Waals surface area contributed by atoms with Gasteiger partial charge in [-0.25, -0.2) is 0 Å². The minimum Gasteiger partial charge on any atom is -0.481 e. The Morgan fingerprint density at radius 3 is 2.65 bits per heavy atom. The van der Waals surface area contributed by atoms with Crippen molar-refractivity contribution in [3.8, 4) is 0 Å². The highest BCUT2D eigenvalue weighted by molar-refractivity contribution is 5.91. The summed E-state index contributed by atoms with van der Waals surface area (Å²) in [5, 5.41) is 15.4. The zero-order valence-electron chi connectivity index (χ0n) is 10.2. The van der Waals surface area contributed by atoms with E-state index in [1.807, 2.05) is 0 Å². The van der Waals surface area contributed by atoms with Crippen LogP contribution in [0.25, 0.3) is 0 Å². The normalized spacial score (nSPS) is 12.2. The molecule has 1 unspecified atom stereocenters. The molecule has 0 saturated carbocycles. The third-order valence-electron chi connectivity index (χ3n) is 2.34. The number of carboxylic acid groups (broad SMARTS) is 1. The molecule has 0 spiro atoms. The Labute approximate surface area is 99.6 Å². The zero-order chi connectivity index (χ0) is 13.0. The Hall–Kier alpha value is -1.85. The predicted molar refractivity (Wildman–Crippen MR) is 62.6 cm³/mol. The second-order valence-electron chi connectivity index (χ2n) is 4.26. The summed E-state index contributed by atoms with van der Waals surface area (Å²) in [6, 6.07) is 0. The molecule has 1 amide bonds. The Kier molecular flexibility index (Phi) is 4.25. The van der Waals surface area contributed by atoms with Gasteiger partial charge in [-0.05, 0) is 12.8 Å². The van der Waals surface area contributed by atoms with Gasteiger partial charge in [-0.1, -0.05) is 6.92 Å². The van der Waals surface area contributed by atoms with Crippen LogP contribution in [-0.2, 0) is 16.6 Å². The molecule has 0 radical (unpaired) electrons. The number of anilines is 1. The summed E-state index contributed by atoms with van der Waals surface area (Å²) in [6.45, 7) is 3.54. The van der Waals surface area contributed by atoms with Crippen molar-refractivity contribution in [1.82, 2.24) is 9.78 Å². The molecule has 94 valence electrons. The molecule has 17 heavy (non-hydrogen) atoms. The van der Waals surface area contributed by atoms with Gasteiger partial charge < -0.3 is 10.4 Å². The quantitative estimate of drug-likeness (QED) is 0.807. The Balaban J connectivity index is 2.50. The smallest absolute Gasteiger partial charge is 0.303 e. The van der Waals surface area contributed by atoms with Gasteiger partial charge in [0.15, 0.2) is 0 Å². The van der Waals surface area contributed by atoms with Gasteiger partial charge in [-0.3, -0.25) is 14.3 Å². The third-order valence-corrected chi connectivity index (χ3v) is 2.34. The number of carbonyl (C=O) groups excluding carboxylic acids is 1. The summed E-state index contributed by atoms with van der Waals surface area (Å²) >= 11 is 0. The van der Waals surface area contributed by atoms with E-state index in [0.29, 0.717) is 5.69 Å². The second-order valence-corrected chi connectivity index (χ2v) is 4.26. The van der Waals surface area contributed by atoms with Crippen LogP contribution in [0.4, 0.5) is 5.69 Å². The number of carbonyl (C=O) groups is 2. The van der Waals surface area contributed by atoms with Gasteiger partial charge in [0.25, 0.3) is 0 Å². The maximum atomic E-state index is 11.6. The maximum Gasteiger partial charge on any atom is 0.303 e. The van der Waals surface area contributed by atoms with Crippen LogP contribution in [0.15, 0.2) is 6.20 Å². The van der Waals surface area contributed by atoms with E-state index < -0.39 is 5.97 Å². The standard InChI is InChI=1S/C11H17N3O3/c1-7(5-11(16)17)4-10(15)12-9-6-14(3)13-8(9)2/h6-7H,4-5H2,1-3H3,(H,12,15)(H,16,17). The number of nitrogens with zero attached hydrogens (tertiary/aromatic N) is 2. The largest absolute Gasteiger partial charge is 0.481 e. The Morgan fingerprint density at radius 2 is 2.18 bits per heavy atom. The molecule has 1 aromatic heterocycles. The Bertz CT molecular complexity index is 426. The minimum absolute atomic E-state index is 0.000554. The van der Waals surface area contributed by atoms with Crippen LogP contribution in [0, 0.1) is 12.8 Å². The van der Waals surface area contributed by atoms with Gasteiger partial charge in [-0.2, -0.15) is 5.10 Å². The number of hydrogen-bond acceptors (Lipinski definition) is 3. The van der Waals surface area contributed by atoms with E-state index in [-0.39, 0.29) is 24.7 Å². The molecular weight excluding hydrogens is 222 g/mol. The summed E-state index contributed by atoms with van der Waals surface area (Å²) in [5.74, 6) is -1.25. The molecule has 1 heterocycles. The molecule has 0 bridgehead atoms. The minimum atomic E-state index is -0.886. The lowest BCUT2D eigenvalue weighted by atomic mass is 10.0. The van der Waals surface area contributed by atoms with E-state index in [1.54, 1.807) is 31.8 Å². The monoisotopic (exact) mass is 239 g/mol. The van der Waals surface area contributed by atoms with Crippen LogP contribution in [0.1, 0.15) is 25.5 Å². The fourth-order valence-electron chi connectivity index (χ4n) is 1.61. The van der Waals surface area contributed by atoms with Gasteiger partial charge in [0.2, 0.25) is 5.91 Å². The number of carboxylic acids is 1. The fraction of sp³-hybridized carbons (Fsp3) is 0.545. The fourth-order valence-corrected chi connectivity index (χ4v) is 1.61. The highest BCUT2D eigenvalue weighted by Crippen LogP contribution is 2.14. The molecular formula is C11H17N3O3. The molecule has 6 heteroatoms. The second kappa shape index (κ2) is 5.47. The maximum absolute atomic E-state index is 11.6. The first-order valence-electron chi connectivity index (χ1n) is 5.40. The lowest BCUT2D eigenvalue weighted by Crippen LogP contribution is -2.17. The summed E-state index contributed by atoms with van der Waals surface area (Å²) in [4.78, 5) is 22.1. The molecule has 0 aromatic carbocycles. The summed E-state index contributed by atoms with van der Waals surface area (Å²) in [6.07, 6.45) is 1.91. The molecule has 0 fully saturated rings. The number of hydrogen-bond donors (Lipinski definition) is 2. The van der Waals surface area contributed by atoms with Gasteiger partial charge >= 0.3 is 5.97 Å². The molecule has 6 nitrogen and oxygen atoms in total. The van der Waals surface area contributed by atoms with E-state index in [9.17, 15) is 9.59 Å². The third kappa shape index (κ3) is 4.26. The van der Waals surface area contributed by atoms with Crippen molar-refractivity contribution in [2.45, 2.75) is 26.7 Å². The van der Waals surface area contributed by atoms with Crippen molar-refractivity contribution in [2.75, 3.05) is 5.32 Å². The average molecular weight is 239 g/mol. The molecule has 1 rings (SSSR count). The molecule has 0 saturated heterocycles. The van der Waals surface area contributed by atoms with Gasteiger partial charge in [0.1, 0.15) is 0 Å². The number of aromatic nitrogens is 2. The van der Waals surface area contributed by atoms with E-state index >= 15 is 0 Å². The van der Waals surface area contributed by atoms with E-state index in [2.05, 4.69) is 10.4 Å². The van der Waals surface area contributed by atoms with Crippen molar-refractivity contribution in [2.24, 2.45) is 13.0 Å². The average Bonchev–Trinajstić information content (AvgIpc) is 2.42. The SMILES string of the molecule is Cc1nn(C)cc1NC(=O)CC(C)CC(=O)O. The number of amides is 1. The van der Waals surface area contributed by atoms with Crippen molar-refractivity contribution in [3.63, 3.8) is 0 Å². The molecule has 0 aliphatic rings. The first kappa shape index (κ1) is 13.2.